The molecule has 0 aliphatic heterocycles. The maximum absolute atomic E-state index is 11.1. The lowest BCUT2D eigenvalue weighted by molar-refractivity contribution is -0.140. The minimum Gasteiger partial charge on any atom is -0.480 e. The highest BCUT2D eigenvalue weighted by Crippen LogP contribution is 2.12. The molecule has 0 saturated heterocycles. The van der Waals surface area contributed by atoms with Gasteiger partial charge in [0.05, 0.1) is 0 Å². The highest BCUT2D eigenvalue weighted by Gasteiger charge is 2.18. The fourth-order valence-electron chi connectivity index (χ4n) is 1.27. The predicted octanol–water partition coefficient (Wildman–Crippen LogP) is 1.68. The molecule has 0 aromatic heterocycles. The third kappa shape index (κ3) is 5.05. The number of amides is 1. The normalized spacial score (nSPS) is 11.6. The molecule has 0 unspecified atom stereocenters. The fourth-order valence-corrected chi connectivity index (χ4v) is 2.28. The molecule has 0 aliphatic carbocycles. The van der Waals surface area contributed by atoms with Crippen molar-refractivity contribution in [2.24, 2.45) is 0 Å². The van der Waals surface area contributed by atoms with Gasteiger partial charge < -0.3 is 10.4 Å². The second kappa shape index (κ2) is 7.55. The molecular formula is C13H15NO3S. The van der Waals surface area contributed by atoms with E-state index < -0.39 is 17.9 Å². The molecule has 4 nitrogen and oxygen atoms in total. The zero-order chi connectivity index (χ0) is 13.4. The maximum Gasteiger partial charge on any atom is 0.327 e. The van der Waals surface area contributed by atoms with Gasteiger partial charge in [0.2, 0.25) is 5.91 Å². The molecule has 1 rings (SSSR count). The molecule has 0 aliphatic rings. The molecule has 96 valence electrons. The Morgan fingerprint density at radius 2 is 2.06 bits per heavy atom. The Balaban J connectivity index is 2.41. The van der Waals surface area contributed by atoms with Crippen LogP contribution < -0.4 is 5.32 Å². The van der Waals surface area contributed by atoms with Crippen LogP contribution in [0.3, 0.4) is 0 Å². The number of thioether (sulfide) groups is 1. The molecule has 1 aromatic rings. The third-order valence-corrected chi connectivity index (χ3v) is 3.30. The highest BCUT2D eigenvalue weighted by molar-refractivity contribution is 7.98. The highest BCUT2D eigenvalue weighted by atomic mass is 32.2. The van der Waals surface area contributed by atoms with Crippen molar-refractivity contribution >= 4 is 23.6 Å². The van der Waals surface area contributed by atoms with E-state index in [1.807, 2.05) is 30.3 Å². The van der Waals surface area contributed by atoms with E-state index in [2.05, 4.69) is 11.9 Å². The van der Waals surface area contributed by atoms with Gasteiger partial charge in [-0.3, -0.25) is 4.79 Å². The van der Waals surface area contributed by atoms with Gasteiger partial charge in [0.15, 0.2) is 0 Å². The molecule has 0 saturated carbocycles. The number of aliphatic carboxylic acids is 1. The first kappa shape index (κ1) is 14.3. The molecule has 5 heteroatoms. The molecule has 0 spiro atoms. The first-order valence-corrected chi connectivity index (χ1v) is 6.56. The number of benzene rings is 1. The van der Waals surface area contributed by atoms with E-state index >= 15 is 0 Å². The molecule has 18 heavy (non-hydrogen) atoms. The van der Waals surface area contributed by atoms with Crippen molar-refractivity contribution in [2.45, 2.75) is 11.8 Å². The molecule has 1 atom stereocenters. The quantitative estimate of drug-likeness (QED) is 0.736. The lowest BCUT2D eigenvalue weighted by atomic mass is 10.2. The number of nitrogens with one attached hydrogen (secondary N) is 1. The van der Waals surface area contributed by atoms with Crippen LogP contribution in [0.1, 0.15) is 5.56 Å². The fraction of sp³-hybridized carbons (Fsp3) is 0.231. The van der Waals surface area contributed by atoms with Gasteiger partial charge >= 0.3 is 5.97 Å². The van der Waals surface area contributed by atoms with E-state index in [1.165, 1.54) is 11.8 Å². The lowest BCUT2D eigenvalue weighted by Crippen LogP contribution is -2.41. The van der Waals surface area contributed by atoms with Crippen molar-refractivity contribution in [3.05, 3.63) is 48.6 Å². The van der Waals surface area contributed by atoms with E-state index in [0.717, 1.165) is 11.6 Å². The van der Waals surface area contributed by atoms with Crippen molar-refractivity contribution in [3.63, 3.8) is 0 Å². The van der Waals surface area contributed by atoms with Crippen LogP contribution in [0.25, 0.3) is 0 Å². The average molecular weight is 265 g/mol. The van der Waals surface area contributed by atoms with Crippen LogP contribution in [0.5, 0.6) is 0 Å². The summed E-state index contributed by atoms with van der Waals surface area (Å²) in [6.45, 7) is 3.29. The van der Waals surface area contributed by atoms with Gasteiger partial charge in [-0.15, -0.1) is 0 Å². The van der Waals surface area contributed by atoms with Crippen molar-refractivity contribution in [1.82, 2.24) is 5.32 Å². The average Bonchev–Trinajstić information content (AvgIpc) is 2.38. The standard InChI is InChI=1S/C13H15NO3S/c1-2-12(15)14-11(13(16)17)9-18-8-10-6-4-3-5-7-10/h2-7,11H,1,8-9H2,(H,14,15)(H,16,17)/t11-/m1/s1. The minimum atomic E-state index is -1.04. The summed E-state index contributed by atoms with van der Waals surface area (Å²) >= 11 is 1.47. The first-order chi connectivity index (χ1) is 8.63. The monoisotopic (exact) mass is 265 g/mol. The Morgan fingerprint density at radius 3 is 2.61 bits per heavy atom. The number of carboxylic acid groups (broad SMARTS) is 1. The minimum absolute atomic E-state index is 0.323. The maximum atomic E-state index is 11.1. The number of carbonyl (C=O) groups is 2. The summed E-state index contributed by atoms with van der Waals surface area (Å²) in [4.78, 5) is 22.0. The summed E-state index contributed by atoms with van der Waals surface area (Å²) < 4.78 is 0. The first-order valence-electron chi connectivity index (χ1n) is 5.41. The molecule has 1 aromatic carbocycles. The molecule has 2 N–H and O–H groups in total. The largest absolute Gasteiger partial charge is 0.480 e. The Hall–Kier alpha value is -1.75. The zero-order valence-corrected chi connectivity index (χ0v) is 10.7. The van der Waals surface area contributed by atoms with E-state index in [1.54, 1.807) is 0 Å². The van der Waals surface area contributed by atoms with Gasteiger partial charge in [-0.25, -0.2) is 4.79 Å². The van der Waals surface area contributed by atoms with E-state index in [4.69, 9.17) is 5.11 Å². The van der Waals surface area contributed by atoms with Crippen LogP contribution in [0.2, 0.25) is 0 Å². The van der Waals surface area contributed by atoms with Crippen molar-refractivity contribution in [3.8, 4) is 0 Å². The molecular weight excluding hydrogens is 250 g/mol. The summed E-state index contributed by atoms with van der Waals surface area (Å²) in [5, 5.41) is 11.3. The topological polar surface area (TPSA) is 66.4 Å². The van der Waals surface area contributed by atoms with Gasteiger partial charge in [-0.1, -0.05) is 36.9 Å². The van der Waals surface area contributed by atoms with E-state index in [0.29, 0.717) is 11.5 Å². The zero-order valence-electron chi connectivity index (χ0n) is 9.83. The van der Waals surface area contributed by atoms with Crippen molar-refractivity contribution in [2.75, 3.05) is 5.75 Å². The van der Waals surface area contributed by atoms with Gasteiger partial charge in [-0.05, 0) is 11.6 Å². The van der Waals surface area contributed by atoms with Crippen molar-refractivity contribution in [1.29, 1.82) is 0 Å². The van der Waals surface area contributed by atoms with E-state index in [-0.39, 0.29) is 0 Å². The van der Waals surface area contributed by atoms with Crippen LogP contribution in [-0.2, 0) is 15.3 Å². The van der Waals surface area contributed by atoms with Crippen LogP contribution in [0, 0.1) is 0 Å². The van der Waals surface area contributed by atoms with Gasteiger partial charge in [0, 0.05) is 11.5 Å². The molecule has 0 fully saturated rings. The Kier molecular flexibility index (Phi) is 6.00. The number of carboxylic acids is 1. The number of hydrogen-bond acceptors (Lipinski definition) is 3. The molecule has 0 heterocycles. The summed E-state index contributed by atoms with van der Waals surface area (Å²) in [7, 11) is 0. The van der Waals surface area contributed by atoms with Crippen LogP contribution in [-0.4, -0.2) is 28.8 Å². The Bertz CT molecular complexity index is 420. The predicted molar refractivity (Wildman–Crippen MR) is 72.4 cm³/mol. The SMILES string of the molecule is C=CC(=O)N[C@H](CSCc1ccccc1)C(=O)O. The summed E-state index contributed by atoms with van der Waals surface area (Å²) in [6.07, 6.45) is 1.07. The summed E-state index contributed by atoms with van der Waals surface area (Å²) in [6, 6.07) is 8.87. The van der Waals surface area contributed by atoms with Crippen LogP contribution in [0.4, 0.5) is 0 Å². The molecule has 0 bridgehead atoms. The van der Waals surface area contributed by atoms with Gasteiger partial charge in [0.1, 0.15) is 6.04 Å². The second-order valence-electron chi connectivity index (χ2n) is 3.60. The second-order valence-corrected chi connectivity index (χ2v) is 4.63. The summed E-state index contributed by atoms with van der Waals surface area (Å²) in [5.74, 6) is -0.466. The smallest absolute Gasteiger partial charge is 0.327 e. The number of carbonyl (C=O) groups excluding carboxylic acids is 1. The van der Waals surface area contributed by atoms with Crippen LogP contribution in [0.15, 0.2) is 43.0 Å². The molecule has 0 radical (unpaired) electrons. The molecule has 1 amide bonds. The van der Waals surface area contributed by atoms with Crippen molar-refractivity contribution < 1.29 is 14.7 Å². The van der Waals surface area contributed by atoms with Gasteiger partial charge in [-0.2, -0.15) is 11.8 Å². The van der Waals surface area contributed by atoms with Gasteiger partial charge in [0.25, 0.3) is 0 Å². The Morgan fingerprint density at radius 1 is 1.39 bits per heavy atom. The number of rotatable bonds is 7. The third-order valence-electron chi connectivity index (χ3n) is 2.20. The lowest BCUT2D eigenvalue weighted by Gasteiger charge is -2.12. The van der Waals surface area contributed by atoms with Crippen LogP contribution >= 0.6 is 11.8 Å². The summed E-state index contributed by atoms with van der Waals surface area (Å²) in [5.41, 5.74) is 1.13. The number of hydrogen-bond donors (Lipinski definition) is 2. The Labute approximate surface area is 110 Å². The van der Waals surface area contributed by atoms with E-state index in [9.17, 15) is 9.59 Å².